The molecule has 62 heavy (non-hydrogen) atoms. The molecule has 1 amide bonds. The molecule has 6 N–H and O–H groups in total. The number of carbonyl (C=O) groups is 1. The molecule has 7 atom stereocenters. The summed E-state index contributed by atoms with van der Waals surface area (Å²) in [6, 6.07) is -0.724. The topological polar surface area (TPSA) is 149 Å². The van der Waals surface area contributed by atoms with Crippen LogP contribution in [0.25, 0.3) is 0 Å². The summed E-state index contributed by atoms with van der Waals surface area (Å²) in [5.41, 5.74) is 0. The molecule has 0 aromatic heterocycles. The molecule has 7 unspecified atom stereocenters. The summed E-state index contributed by atoms with van der Waals surface area (Å²) < 4.78 is 11.3. The van der Waals surface area contributed by atoms with Crippen molar-refractivity contribution in [2.75, 3.05) is 13.2 Å². The number of hydrogen-bond acceptors (Lipinski definition) is 8. The predicted molar refractivity (Wildman–Crippen MR) is 258 cm³/mol. The minimum atomic E-state index is -1.55. The fourth-order valence-electron chi connectivity index (χ4n) is 8.55. The lowest BCUT2D eigenvalue weighted by molar-refractivity contribution is -0.302. The van der Waals surface area contributed by atoms with Gasteiger partial charge in [0.25, 0.3) is 0 Å². The van der Waals surface area contributed by atoms with Crippen LogP contribution < -0.4 is 5.32 Å². The molecule has 0 bridgehead atoms. The fraction of sp³-hybridized carbons (Fsp3) is 0.906. The van der Waals surface area contributed by atoms with Gasteiger partial charge in [0.2, 0.25) is 5.91 Å². The number of carbonyl (C=O) groups excluding carboxylic acids is 1. The summed E-state index contributed by atoms with van der Waals surface area (Å²) in [6.45, 7) is 3.78. The highest BCUT2D eigenvalue weighted by Crippen LogP contribution is 2.23. The Morgan fingerprint density at radius 1 is 0.548 bits per heavy atom. The van der Waals surface area contributed by atoms with Crippen molar-refractivity contribution in [1.29, 1.82) is 0 Å². The van der Waals surface area contributed by atoms with Crippen LogP contribution in [-0.4, -0.2) is 87.5 Å². The van der Waals surface area contributed by atoms with Crippen molar-refractivity contribution in [3.8, 4) is 0 Å². The Labute approximate surface area is 381 Å². The van der Waals surface area contributed by atoms with Gasteiger partial charge >= 0.3 is 0 Å². The highest BCUT2D eigenvalue weighted by atomic mass is 16.7. The molecule has 0 spiro atoms. The van der Waals surface area contributed by atoms with Crippen LogP contribution in [0.1, 0.15) is 251 Å². The van der Waals surface area contributed by atoms with Gasteiger partial charge in [0.05, 0.1) is 25.4 Å². The number of allylic oxidation sites excluding steroid dienone is 4. The maximum Gasteiger partial charge on any atom is 0.220 e. The summed E-state index contributed by atoms with van der Waals surface area (Å²) in [7, 11) is 0. The van der Waals surface area contributed by atoms with E-state index >= 15 is 0 Å². The zero-order valence-corrected chi connectivity index (χ0v) is 40.4. The van der Waals surface area contributed by atoms with E-state index in [4.69, 9.17) is 9.47 Å². The maximum atomic E-state index is 13.0. The number of nitrogens with one attached hydrogen (secondary N) is 1. The first-order valence-corrected chi connectivity index (χ1v) is 26.5. The van der Waals surface area contributed by atoms with E-state index in [1.165, 1.54) is 154 Å². The minimum absolute atomic E-state index is 0.142. The third-order valence-electron chi connectivity index (χ3n) is 12.8. The van der Waals surface area contributed by atoms with E-state index in [2.05, 4.69) is 43.5 Å². The SMILES string of the molecule is CCC/C=C\C/C=C\CCCCCCCC(=O)NC(COC1OC(CO)C(O)C(O)C1O)C(O)CCCCCCCCCCCCCCCCCCCCCCCCCCCC. The summed E-state index contributed by atoms with van der Waals surface area (Å²) in [4.78, 5) is 13.0. The number of aliphatic hydroxyl groups excluding tert-OH is 5. The van der Waals surface area contributed by atoms with Crippen molar-refractivity contribution < 1.29 is 39.8 Å². The Balaban J connectivity index is 2.19. The second-order valence-electron chi connectivity index (χ2n) is 18.7. The normalized spacial score (nSPS) is 20.4. The van der Waals surface area contributed by atoms with E-state index in [0.717, 1.165) is 70.6 Å². The molecule has 1 saturated heterocycles. The predicted octanol–water partition coefficient (Wildman–Crippen LogP) is 12.2. The summed E-state index contributed by atoms with van der Waals surface area (Å²) in [5, 5.41) is 54.5. The van der Waals surface area contributed by atoms with Gasteiger partial charge in [-0.15, -0.1) is 0 Å². The number of amides is 1. The zero-order valence-electron chi connectivity index (χ0n) is 40.4. The monoisotopic (exact) mass is 880 g/mol. The first kappa shape index (κ1) is 58.7. The second kappa shape index (κ2) is 43.6. The van der Waals surface area contributed by atoms with Gasteiger partial charge < -0.3 is 40.3 Å². The molecule has 9 nitrogen and oxygen atoms in total. The van der Waals surface area contributed by atoms with Crippen LogP contribution in [0.15, 0.2) is 24.3 Å². The van der Waals surface area contributed by atoms with Crippen molar-refractivity contribution in [3.05, 3.63) is 24.3 Å². The lowest BCUT2D eigenvalue weighted by atomic mass is 9.99. The third kappa shape index (κ3) is 33.2. The average Bonchev–Trinajstić information content (AvgIpc) is 3.27. The van der Waals surface area contributed by atoms with Crippen LogP contribution >= 0.6 is 0 Å². The average molecular weight is 880 g/mol. The first-order valence-electron chi connectivity index (χ1n) is 26.5. The molecule has 0 aliphatic carbocycles. The zero-order chi connectivity index (χ0) is 45.1. The molecule has 1 fully saturated rings. The number of aliphatic hydroxyl groups is 5. The van der Waals surface area contributed by atoms with Gasteiger partial charge in [-0.1, -0.05) is 231 Å². The number of rotatable bonds is 45. The third-order valence-corrected chi connectivity index (χ3v) is 12.8. The van der Waals surface area contributed by atoms with Crippen LogP contribution in [0.4, 0.5) is 0 Å². The summed E-state index contributed by atoms with van der Waals surface area (Å²) in [6.07, 6.45) is 46.4. The van der Waals surface area contributed by atoms with Gasteiger partial charge in [-0.25, -0.2) is 0 Å². The van der Waals surface area contributed by atoms with Gasteiger partial charge in [0.1, 0.15) is 24.4 Å². The van der Waals surface area contributed by atoms with Crippen molar-refractivity contribution in [1.82, 2.24) is 5.32 Å². The van der Waals surface area contributed by atoms with Crippen LogP contribution in [0.5, 0.6) is 0 Å². The Morgan fingerprint density at radius 3 is 1.45 bits per heavy atom. The first-order chi connectivity index (χ1) is 30.3. The molecule has 9 heteroatoms. The molecule has 366 valence electrons. The Morgan fingerprint density at radius 2 is 0.984 bits per heavy atom. The van der Waals surface area contributed by atoms with Crippen LogP contribution in [0.2, 0.25) is 0 Å². The molecule has 1 aliphatic rings. The molecule has 1 rings (SSSR count). The van der Waals surface area contributed by atoms with Gasteiger partial charge in [0, 0.05) is 6.42 Å². The molecule has 0 radical (unpaired) electrons. The van der Waals surface area contributed by atoms with Crippen LogP contribution in [-0.2, 0) is 14.3 Å². The smallest absolute Gasteiger partial charge is 0.220 e. The van der Waals surface area contributed by atoms with E-state index in [0.29, 0.717) is 12.8 Å². The minimum Gasteiger partial charge on any atom is -0.394 e. The van der Waals surface area contributed by atoms with E-state index in [9.17, 15) is 30.3 Å². The van der Waals surface area contributed by atoms with Crippen molar-refractivity contribution in [2.45, 2.75) is 294 Å². The van der Waals surface area contributed by atoms with Crippen molar-refractivity contribution in [2.24, 2.45) is 0 Å². The Hall–Kier alpha value is -1.33. The summed E-state index contributed by atoms with van der Waals surface area (Å²) in [5.74, 6) is -0.157. The van der Waals surface area contributed by atoms with E-state index in [-0.39, 0.29) is 12.5 Å². The Kier molecular flexibility index (Phi) is 41.2. The maximum absolute atomic E-state index is 13.0. The molecule has 0 saturated carbocycles. The highest BCUT2D eigenvalue weighted by molar-refractivity contribution is 5.76. The lowest BCUT2D eigenvalue weighted by Gasteiger charge is -2.40. The molecular formula is C53H101NO8. The van der Waals surface area contributed by atoms with Crippen LogP contribution in [0, 0.1) is 0 Å². The largest absolute Gasteiger partial charge is 0.394 e. The van der Waals surface area contributed by atoms with E-state index < -0.39 is 49.5 Å². The van der Waals surface area contributed by atoms with Crippen molar-refractivity contribution in [3.63, 3.8) is 0 Å². The number of unbranched alkanes of at least 4 members (excludes halogenated alkanes) is 31. The Bertz CT molecular complexity index is 1020. The van der Waals surface area contributed by atoms with Gasteiger partial charge in [-0.05, 0) is 38.5 Å². The number of hydrogen-bond donors (Lipinski definition) is 6. The molecule has 0 aromatic carbocycles. The quantitative estimate of drug-likeness (QED) is 0.0262. The molecule has 1 aliphatic heterocycles. The van der Waals surface area contributed by atoms with Gasteiger partial charge in [-0.2, -0.15) is 0 Å². The molecule has 1 heterocycles. The molecular weight excluding hydrogens is 779 g/mol. The highest BCUT2D eigenvalue weighted by Gasteiger charge is 2.44. The van der Waals surface area contributed by atoms with Crippen LogP contribution in [0.3, 0.4) is 0 Å². The second-order valence-corrected chi connectivity index (χ2v) is 18.7. The van der Waals surface area contributed by atoms with E-state index in [1.807, 2.05) is 0 Å². The standard InChI is InChI=1S/C53H101NO8/c1-3-5-7-9-11-13-15-17-18-19-20-21-22-23-24-25-26-27-28-29-31-32-34-36-38-40-42-47(56)46(45-61-53-52(60)51(59)50(58)48(44-55)62-53)54-49(57)43-41-39-37-35-33-30-16-14-12-10-8-6-4-2/h8,10,14,16,46-48,50-53,55-56,58-60H,3-7,9,11-13,15,17-45H2,1-2H3,(H,54,57)/b10-8-,16-14-. The van der Waals surface area contributed by atoms with Crippen molar-refractivity contribution >= 4 is 5.91 Å². The van der Waals surface area contributed by atoms with Gasteiger partial charge in [-0.3, -0.25) is 4.79 Å². The molecule has 0 aromatic rings. The lowest BCUT2D eigenvalue weighted by Crippen LogP contribution is -2.60. The van der Waals surface area contributed by atoms with E-state index in [1.54, 1.807) is 0 Å². The number of ether oxygens (including phenoxy) is 2. The van der Waals surface area contributed by atoms with Gasteiger partial charge in [0.15, 0.2) is 6.29 Å². The fourth-order valence-corrected chi connectivity index (χ4v) is 8.55. The summed E-state index contributed by atoms with van der Waals surface area (Å²) >= 11 is 0.